The van der Waals surface area contributed by atoms with Crippen molar-refractivity contribution in [3.8, 4) is 5.75 Å². The minimum absolute atomic E-state index is 0.200. The summed E-state index contributed by atoms with van der Waals surface area (Å²) in [5.74, 6) is 0.610. The molecule has 0 spiro atoms. The molecule has 3 aromatic rings. The van der Waals surface area contributed by atoms with E-state index in [9.17, 15) is 4.79 Å². The predicted molar refractivity (Wildman–Crippen MR) is 101 cm³/mol. The summed E-state index contributed by atoms with van der Waals surface area (Å²) >= 11 is 7.91. The molecule has 0 unspecified atom stereocenters. The van der Waals surface area contributed by atoms with Gasteiger partial charge in [-0.25, -0.2) is 0 Å². The van der Waals surface area contributed by atoms with Crippen molar-refractivity contribution in [2.24, 2.45) is 0 Å². The van der Waals surface area contributed by atoms with Crippen molar-refractivity contribution in [3.05, 3.63) is 77.6 Å². The number of hydrogen-bond acceptors (Lipinski definition) is 4. The van der Waals surface area contributed by atoms with Gasteiger partial charge in [-0.2, -0.15) is 0 Å². The van der Waals surface area contributed by atoms with Crippen molar-refractivity contribution in [3.63, 3.8) is 0 Å². The molecule has 1 heterocycles. The molecule has 0 aliphatic rings. The number of halogens is 1. The Balaban J connectivity index is 1.71. The van der Waals surface area contributed by atoms with E-state index in [0.29, 0.717) is 16.3 Å². The third kappa shape index (κ3) is 4.53. The first-order valence-electron chi connectivity index (χ1n) is 7.48. The van der Waals surface area contributed by atoms with Crippen LogP contribution < -0.4 is 10.1 Å². The molecule has 0 atom stereocenters. The van der Waals surface area contributed by atoms with Crippen LogP contribution in [0.3, 0.4) is 0 Å². The van der Waals surface area contributed by atoms with E-state index < -0.39 is 0 Å². The van der Waals surface area contributed by atoms with Crippen molar-refractivity contribution in [2.45, 2.75) is 9.79 Å². The summed E-state index contributed by atoms with van der Waals surface area (Å²) in [7, 11) is 1.64. The van der Waals surface area contributed by atoms with Crippen molar-refractivity contribution in [1.82, 2.24) is 4.98 Å². The zero-order chi connectivity index (χ0) is 17.6. The van der Waals surface area contributed by atoms with Crippen LogP contribution in [0.5, 0.6) is 5.75 Å². The van der Waals surface area contributed by atoms with E-state index in [-0.39, 0.29) is 5.91 Å². The number of nitrogens with one attached hydrogen (secondary N) is 1. The van der Waals surface area contributed by atoms with Gasteiger partial charge in [0.2, 0.25) is 0 Å². The topological polar surface area (TPSA) is 51.2 Å². The molecule has 3 rings (SSSR count). The smallest absolute Gasteiger partial charge is 0.255 e. The Bertz CT molecular complexity index is 870. The first-order valence-corrected chi connectivity index (χ1v) is 8.68. The van der Waals surface area contributed by atoms with E-state index in [1.54, 1.807) is 49.5 Å². The van der Waals surface area contributed by atoms with E-state index in [1.807, 2.05) is 36.4 Å². The van der Waals surface area contributed by atoms with Gasteiger partial charge in [0.25, 0.3) is 5.91 Å². The number of amides is 1. The van der Waals surface area contributed by atoms with Crippen LogP contribution in [-0.2, 0) is 0 Å². The molecule has 1 N–H and O–H groups in total. The Morgan fingerprint density at radius 1 is 1.08 bits per heavy atom. The Morgan fingerprint density at radius 3 is 2.44 bits per heavy atom. The van der Waals surface area contributed by atoms with Crippen LogP contribution in [-0.4, -0.2) is 18.0 Å². The second kappa shape index (κ2) is 8.05. The predicted octanol–water partition coefficient (Wildman–Crippen LogP) is 5.15. The fourth-order valence-electron chi connectivity index (χ4n) is 2.14. The number of methoxy groups -OCH3 is 1. The number of ether oxygens (including phenoxy) is 1. The number of aromatic nitrogens is 1. The molecule has 0 bridgehead atoms. The van der Waals surface area contributed by atoms with E-state index in [4.69, 9.17) is 16.3 Å². The van der Waals surface area contributed by atoms with Crippen LogP contribution in [0, 0.1) is 0 Å². The van der Waals surface area contributed by atoms with Gasteiger partial charge in [-0.15, -0.1) is 0 Å². The molecule has 0 aliphatic carbocycles. The lowest BCUT2D eigenvalue weighted by Crippen LogP contribution is -2.11. The Morgan fingerprint density at radius 2 is 1.80 bits per heavy atom. The highest BCUT2D eigenvalue weighted by atomic mass is 35.5. The first kappa shape index (κ1) is 17.3. The molecule has 1 aromatic heterocycles. The quantitative estimate of drug-likeness (QED) is 0.675. The molecule has 0 radical (unpaired) electrons. The van der Waals surface area contributed by atoms with Crippen LogP contribution in [0.25, 0.3) is 0 Å². The molecule has 4 nitrogen and oxygen atoms in total. The highest BCUT2D eigenvalue weighted by Crippen LogP contribution is 2.35. The van der Waals surface area contributed by atoms with Crippen LogP contribution in [0.1, 0.15) is 10.4 Å². The molecular weight excluding hydrogens is 356 g/mol. The number of benzene rings is 2. The van der Waals surface area contributed by atoms with E-state index in [2.05, 4.69) is 10.3 Å². The average Bonchev–Trinajstić information content (AvgIpc) is 2.65. The van der Waals surface area contributed by atoms with E-state index >= 15 is 0 Å². The first-order chi connectivity index (χ1) is 12.2. The summed E-state index contributed by atoms with van der Waals surface area (Å²) in [6, 6.07) is 16.5. The van der Waals surface area contributed by atoms with Gasteiger partial charge in [0, 0.05) is 33.4 Å². The van der Waals surface area contributed by atoms with Crippen LogP contribution >= 0.6 is 23.4 Å². The minimum Gasteiger partial charge on any atom is -0.497 e. The normalized spacial score (nSPS) is 10.3. The van der Waals surface area contributed by atoms with Crippen LogP contribution in [0.2, 0.25) is 5.02 Å². The van der Waals surface area contributed by atoms with Crippen molar-refractivity contribution in [2.75, 3.05) is 12.4 Å². The van der Waals surface area contributed by atoms with Crippen LogP contribution in [0.15, 0.2) is 76.8 Å². The summed E-state index contributed by atoms with van der Waals surface area (Å²) in [6.45, 7) is 0. The van der Waals surface area contributed by atoms with Gasteiger partial charge in [0.05, 0.1) is 12.1 Å². The van der Waals surface area contributed by atoms with Gasteiger partial charge >= 0.3 is 0 Å². The van der Waals surface area contributed by atoms with Crippen molar-refractivity contribution < 1.29 is 9.53 Å². The number of hydrogen-bond donors (Lipinski definition) is 1. The standard InChI is InChI=1S/C19H15ClN2O2S/c1-24-15-3-5-16(6-4-15)25-18-7-2-14(12-17(18)20)22-19(23)13-8-10-21-11-9-13/h2-12H,1H3,(H,22,23). The largest absolute Gasteiger partial charge is 0.497 e. The SMILES string of the molecule is COc1ccc(Sc2ccc(NC(=O)c3ccncc3)cc2Cl)cc1. The summed E-state index contributed by atoms with van der Waals surface area (Å²) in [6.07, 6.45) is 3.16. The Hall–Kier alpha value is -2.50. The lowest BCUT2D eigenvalue weighted by molar-refractivity contribution is 0.102. The monoisotopic (exact) mass is 370 g/mol. The number of carbonyl (C=O) groups is 1. The number of anilines is 1. The highest BCUT2D eigenvalue weighted by Gasteiger charge is 2.08. The average molecular weight is 371 g/mol. The molecule has 1 amide bonds. The molecule has 0 saturated heterocycles. The maximum absolute atomic E-state index is 12.2. The maximum atomic E-state index is 12.2. The number of nitrogens with zero attached hydrogens (tertiary/aromatic N) is 1. The fraction of sp³-hybridized carbons (Fsp3) is 0.0526. The summed E-state index contributed by atoms with van der Waals surface area (Å²) in [5.41, 5.74) is 1.19. The Labute approximate surface area is 155 Å². The Kier molecular flexibility index (Phi) is 5.58. The summed E-state index contributed by atoms with van der Waals surface area (Å²) < 4.78 is 5.15. The summed E-state index contributed by atoms with van der Waals surface area (Å²) in [4.78, 5) is 18.0. The molecule has 0 aliphatic heterocycles. The molecule has 0 saturated carbocycles. The van der Waals surface area contributed by atoms with Gasteiger partial charge in [-0.3, -0.25) is 9.78 Å². The van der Waals surface area contributed by atoms with Crippen LogP contribution in [0.4, 0.5) is 5.69 Å². The maximum Gasteiger partial charge on any atom is 0.255 e. The van der Waals surface area contributed by atoms with Gasteiger partial charge in [-0.1, -0.05) is 23.4 Å². The van der Waals surface area contributed by atoms with Gasteiger partial charge in [0.1, 0.15) is 5.75 Å². The zero-order valence-corrected chi connectivity index (χ0v) is 15.0. The fourth-order valence-corrected chi connectivity index (χ4v) is 3.25. The van der Waals surface area contributed by atoms with E-state index in [1.165, 1.54) is 0 Å². The molecule has 25 heavy (non-hydrogen) atoms. The third-order valence-corrected chi connectivity index (χ3v) is 4.93. The minimum atomic E-state index is -0.200. The third-order valence-electron chi connectivity index (χ3n) is 3.42. The summed E-state index contributed by atoms with van der Waals surface area (Å²) in [5, 5.41) is 3.41. The molecule has 126 valence electrons. The molecular formula is C19H15ClN2O2S. The molecule has 2 aromatic carbocycles. The zero-order valence-electron chi connectivity index (χ0n) is 13.4. The van der Waals surface area contributed by atoms with Crippen molar-refractivity contribution in [1.29, 1.82) is 0 Å². The van der Waals surface area contributed by atoms with Crippen molar-refractivity contribution >= 4 is 35.0 Å². The van der Waals surface area contributed by atoms with Gasteiger partial charge < -0.3 is 10.1 Å². The lowest BCUT2D eigenvalue weighted by Gasteiger charge is -2.09. The highest BCUT2D eigenvalue weighted by molar-refractivity contribution is 7.99. The van der Waals surface area contributed by atoms with Gasteiger partial charge in [0.15, 0.2) is 0 Å². The second-order valence-electron chi connectivity index (χ2n) is 5.11. The molecule has 0 fully saturated rings. The lowest BCUT2D eigenvalue weighted by atomic mass is 10.2. The molecule has 6 heteroatoms. The number of pyridine rings is 1. The van der Waals surface area contributed by atoms with Gasteiger partial charge in [-0.05, 0) is 54.6 Å². The van der Waals surface area contributed by atoms with E-state index in [0.717, 1.165) is 15.5 Å². The second-order valence-corrected chi connectivity index (χ2v) is 6.64. The number of rotatable bonds is 5. The number of carbonyl (C=O) groups excluding carboxylic acids is 1.